The van der Waals surface area contributed by atoms with Gasteiger partial charge in [0.2, 0.25) is 0 Å². The van der Waals surface area contributed by atoms with Gasteiger partial charge in [-0.25, -0.2) is 4.79 Å². The number of carbonyl (C=O) groups excluding carboxylic acids is 1. The van der Waals surface area contributed by atoms with E-state index in [1.165, 1.54) is 11.1 Å². The lowest BCUT2D eigenvalue weighted by Crippen LogP contribution is -2.42. The maximum atomic E-state index is 12.5. The number of allylic oxidation sites excluding steroid dienone is 4. The highest BCUT2D eigenvalue weighted by molar-refractivity contribution is 5.71. The Morgan fingerprint density at radius 2 is 1.94 bits per heavy atom. The van der Waals surface area contributed by atoms with Crippen LogP contribution in [-0.2, 0) is 14.3 Å². The highest BCUT2D eigenvalue weighted by Gasteiger charge is 2.46. The highest BCUT2D eigenvalue weighted by Crippen LogP contribution is 2.55. The first-order valence-corrected chi connectivity index (χ1v) is 13.1. The molecule has 0 amide bonds. The molecule has 35 heavy (non-hydrogen) atoms. The lowest BCUT2D eigenvalue weighted by atomic mass is 9.63. The van der Waals surface area contributed by atoms with Crippen molar-refractivity contribution in [3.8, 4) is 0 Å². The molecule has 196 valence electrons. The van der Waals surface area contributed by atoms with E-state index in [4.69, 9.17) is 9.47 Å². The fourth-order valence-corrected chi connectivity index (χ4v) is 5.70. The molecule has 0 heterocycles. The molecule has 0 aromatic carbocycles. The smallest absolute Gasteiger partial charge is 0.332 e. The zero-order valence-electron chi connectivity index (χ0n) is 22.8. The van der Waals surface area contributed by atoms with Crippen LogP contribution in [0.3, 0.4) is 0 Å². The van der Waals surface area contributed by atoms with Gasteiger partial charge in [-0.1, -0.05) is 58.1 Å². The van der Waals surface area contributed by atoms with E-state index in [-0.39, 0.29) is 29.5 Å². The molecule has 3 aliphatic carbocycles. The lowest BCUT2D eigenvalue weighted by Gasteiger charge is -2.42. The molecule has 2 N–H and O–H groups in total. The third-order valence-corrected chi connectivity index (χ3v) is 8.94. The van der Waals surface area contributed by atoms with Crippen molar-refractivity contribution in [1.29, 1.82) is 0 Å². The summed E-state index contributed by atoms with van der Waals surface area (Å²) in [5.41, 5.74) is 3.60. The molecular weight excluding hydrogens is 440 g/mol. The number of carbonyl (C=O) groups is 1. The Morgan fingerprint density at radius 1 is 1.26 bits per heavy atom. The van der Waals surface area contributed by atoms with Gasteiger partial charge in [0.15, 0.2) is 0 Å². The topological polar surface area (TPSA) is 76.0 Å². The van der Waals surface area contributed by atoms with Crippen LogP contribution in [-0.4, -0.2) is 46.7 Å². The van der Waals surface area contributed by atoms with Crippen molar-refractivity contribution >= 4 is 5.97 Å². The fourth-order valence-electron chi connectivity index (χ4n) is 5.70. The van der Waals surface area contributed by atoms with Gasteiger partial charge in [0.1, 0.15) is 12.2 Å². The Kier molecular flexibility index (Phi) is 8.25. The largest absolute Gasteiger partial charge is 0.457 e. The maximum absolute atomic E-state index is 12.5. The Hall–Kier alpha value is -1.69. The molecule has 0 aliphatic heterocycles. The number of rotatable bonds is 6. The van der Waals surface area contributed by atoms with Crippen LogP contribution in [0.1, 0.15) is 87.0 Å². The number of hydrogen-bond acceptors (Lipinski definition) is 5. The van der Waals surface area contributed by atoms with Gasteiger partial charge in [-0.3, -0.25) is 0 Å². The number of fused-ring (bicyclic) bond motifs is 1. The van der Waals surface area contributed by atoms with E-state index >= 15 is 0 Å². The molecule has 0 aromatic heterocycles. The third kappa shape index (κ3) is 6.00. The summed E-state index contributed by atoms with van der Waals surface area (Å²) in [5, 5.41) is 20.2. The molecule has 0 saturated heterocycles. The van der Waals surface area contributed by atoms with Gasteiger partial charge in [-0.2, -0.15) is 0 Å². The lowest BCUT2D eigenvalue weighted by molar-refractivity contribution is -0.173. The van der Waals surface area contributed by atoms with E-state index in [2.05, 4.69) is 52.5 Å². The van der Waals surface area contributed by atoms with Crippen LogP contribution in [0.4, 0.5) is 0 Å². The molecule has 5 nitrogen and oxygen atoms in total. The van der Waals surface area contributed by atoms with Gasteiger partial charge in [0, 0.05) is 11.8 Å². The third-order valence-electron chi connectivity index (χ3n) is 8.94. The second-order valence-electron chi connectivity index (χ2n) is 12.5. The number of esters is 1. The van der Waals surface area contributed by atoms with E-state index in [1.54, 1.807) is 0 Å². The highest BCUT2D eigenvalue weighted by atomic mass is 16.6. The van der Waals surface area contributed by atoms with Gasteiger partial charge in [0.25, 0.3) is 0 Å². The van der Waals surface area contributed by atoms with E-state index < -0.39 is 17.8 Å². The minimum atomic E-state index is -0.668. The predicted octanol–water partition coefficient (Wildman–Crippen LogP) is 5.82. The molecule has 0 radical (unpaired) electrons. The summed E-state index contributed by atoms with van der Waals surface area (Å²) >= 11 is 0. The normalized spacial score (nSPS) is 33.0. The minimum absolute atomic E-state index is 0.000800. The van der Waals surface area contributed by atoms with Crippen LogP contribution in [0.5, 0.6) is 0 Å². The molecule has 5 atom stereocenters. The number of aliphatic hydroxyl groups is 2. The van der Waals surface area contributed by atoms with E-state index in [9.17, 15) is 15.0 Å². The van der Waals surface area contributed by atoms with E-state index in [1.807, 2.05) is 20.8 Å². The van der Waals surface area contributed by atoms with Crippen molar-refractivity contribution < 1.29 is 24.5 Å². The monoisotopic (exact) mass is 486 g/mol. The first kappa shape index (κ1) is 27.9. The van der Waals surface area contributed by atoms with Crippen molar-refractivity contribution in [1.82, 2.24) is 0 Å². The van der Waals surface area contributed by atoms with Crippen LogP contribution in [0.15, 0.2) is 47.1 Å². The second-order valence-corrected chi connectivity index (χ2v) is 12.5. The Labute approximate surface area is 212 Å². The summed E-state index contributed by atoms with van der Waals surface area (Å²) in [6.07, 6.45) is 10.3. The summed E-state index contributed by atoms with van der Waals surface area (Å²) in [6, 6.07) is 0. The molecule has 2 fully saturated rings. The summed E-state index contributed by atoms with van der Waals surface area (Å²) < 4.78 is 11.8. The maximum Gasteiger partial charge on any atom is 0.332 e. The van der Waals surface area contributed by atoms with Crippen molar-refractivity contribution in [2.24, 2.45) is 16.7 Å². The molecule has 3 aliphatic rings. The number of hydrogen-bond donors (Lipinski definition) is 2. The van der Waals surface area contributed by atoms with Crippen LogP contribution >= 0.6 is 0 Å². The first-order chi connectivity index (χ1) is 16.2. The molecule has 0 unspecified atom stereocenters. The summed E-state index contributed by atoms with van der Waals surface area (Å²) in [7, 11) is 0. The summed E-state index contributed by atoms with van der Waals surface area (Å²) in [4.78, 5) is 12.5. The summed E-state index contributed by atoms with van der Waals surface area (Å²) in [6.45, 7) is 18.4. The number of aliphatic hydroxyl groups excluding tert-OH is 2. The van der Waals surface area contributed by atoms with Gasteiger partial charge in [-0.05, 0) is 80.9 Å². The molecule has 3 rings (SSSR count). The van der Waals surface area contributed by atoms with Crippen molar-refractivity contribution in [2.45, 2.75) is 111 Å². The van der Waals surface area contributed by atoms with E-state index in [0.29, 0.717) is 18.8 Å². The van der Waals surface area contributed by atoms with Gasteiger partial charge in [-0.15, -0.1) is 0 Å². The molecule has 0 spiro atoms. The Balaban J connectivity index is 1.66. The zero-order valence-corrected chi connectivity index (χ0v) is 22.8. The van der Waals surface area contributed by atoms with Crippen molar-refractivity contribution in [2.75, 3.05) is 6.61 Å². The first-order valence-electron chi connectivity index (χ1n) is 13.1. The standard InChI is InChI=1S/C30H46O5/c1-19-22(16-23(31)17-26(19)32)12-11-21-10-9-15-30(8)24(13-14-25(21)30)20(2)34-18-27(33)35-29(6,7)28(3,4)5/h11-13,20,23,25-26,31-32H,1,9-10,14-18H2,2-8H3/t20-,23+,25-,26-,30+/m0/s1. The molecule has 0 bridgehead atoms. The van der Waals surface area contributed by atoms with Gasteiger partial charge >= 0.3 is 5.97 Å². The van der Waals surface area contributed by atoms with Crippen LogP contribution < -0.4 is 0 Å². The van der Waals surface area contributed by atoms with Crippen LogP contribution in [0.25, 0.3) is 0 Å². The Morgan fingerprint density at radius 3 is 2.60 bits per heavy atom. The zero-order chi connectivity index (χ0) is 26.2. The van der Waals surface area contributed by atoms with Gasteiger partial charge < -0.3 is 19.7 Å². The number of ether oxygens (including phenoxy) is 2. The molecule has 2 saturated carbocycles. The minimum Gasteiger partial charge on any atom is -0.457 e. The average Bonchev–Trinajstić information content (AvgIpc) is 3.10. The average molecular weight is 487 g/mol. The quantitative estimate of drug-likeness (QED) is 0.365. The van der Waals surface area contributed by atoms with Crippen LogP contribution in [0, 0.1) is 16.7 Å². The Bertz CT molecular complexity index is 916. The van der Waals surface area contributed by atoms with Crippen LogP contribution in [0.2, 0.25) is 0 Å². The fraction of sp³-hybridized carbons (Fsp3) is 0.700. The summed E-state index contributed by atoms with van der Waals surface area (Å²) in [5.74, 6) is 0.0673. The SMILES string of the molecule is C=C1C(=CC=C2CCC[C@]3(C)C([C@H](C)OCC(=O)OC(C)(C)C(C)(C)C)=CC[C@@H]23)C[C@@H](O)C[C@@H]1O. The van der Waals surface area contributed by atoms with Gasteiger partial charge in [0.05, 0.1) is 18.3 Å². The van der Waals surface area contributed by atoms with E-state index in [0.717, 1.165) is 36.8 Å². The van der Waals surface area contributed by atoms with Crippen molar-refractivity contribution in [3.63, 3.8) is 0 Å². The second kappa shape index (κ2) is 10.4. The molecular formula is C30H46O5. The molecule has 0 aromatic rings. The molecule has 5 heteroatoms. The predicted molar refractivity (Wildman–Crippen MR) is 140 cm³/mol. The van der Waals surface area contributed by atoms with Crippen molar-refractivity contribution in [3.05, 3.63) is 47.1 Å².